The zero-order valence-corrected chi connectivity index (χ0v) is 16.9. The minimum Gasteiger partial charge on any atom is -0.353 e. The van der Waals surface area contributed by atoms with E-state index in [0.29, 0.717) is 26.1 Å². The van der Waals surface area contributed by atoms with E-state index in [1.807, 2.05) is 17.5 Å². The third-order valence-electron chi connectivity index (χ3n) is 4.57. The smallest absolute Gasteiger partial charge is 0.276 e. The third kappa shape index (κ3) is 4.05. The van der Waals surface area contributed by atoms with Crippen LogP contribution >= 0.6 is 34.7 Å². The lowest BCUT2D eigenvalue weighted by atomic mass is 10.2. The first-order valence-electron chi connectivity index (χ1n) is 8.80. The number of carbonyl (C=O) groups excluding carboxylic acids is 1. The predicted molar refractivity (Wildman–Crippen MR) is 111 cm³/mol. The van der Waals surface area contributed by atoms with Crippen LogP contribution in [0.2, 0.25) is 5.02 Å². The fourth-order valence-corrected chi connectivity index (χ4v) is 5.07. The van der Waals surface area contributed by atoms with Gasteiger partial charge >= 0.3 is 0 Å². The van der Waals surface area contributed by atoms with E-state index in [1.165, 1.54) is 40.5 Å². The van der Waals surface area contributed by atoms with Gasteiger partial charge in [-0.15, -0.1) is 11.3 Å². The van der Waals surface area contributed by atoms with Crippen molar-refractivity contribution < 1.29 is 4.79 Å². The Morgan fingerprint density at radius 2 is 2.15 bits per heavy atom. The molecule has 0 unspecified atom stereocenters. The number of hydrogen-bond acceptors (Lipinski definition) is 5. The Morgan fingerprint density at radius 1 is 1.33 bits per heavy atom. The summed E-state index contributed by atoms with van der Waals surface area (Å²) >= 11 is 8.75. The molecule has 0 bridgehead atoms. The molecule has 27 heavy (non-hydrogen) atoms. The number of thioether (sulfide) groups is 1. The topological polar surface area (TPSA) is 64.0 Å². The monoisotopic (exact) mass is 419 g/mol. The number of halogens is 1. The lowest BCUT2D eigenvalue weighted by Gasteiger charge is -2.14. The Kier molecular flexibility index (Phi) is 5.52. The fraction of sp³-hybridized carbons (Fsp3) is 0.316. The summed E-state index contributed by atoms with van der Waals surface area (Å²) in [6.45, 7) is 0. The van der Waals surface area contributed by atoms with E-state index in [9.17, 15) is 9.59 Å². The number of nitrogens with zero attached hydrogens (tertiary/aromatic N) is 2. The number of benzene rings is 1. The van der Waals surface area contributed by atoms with Crippen LogP contribution in [0.5, 0.6) is 0 Å². The van der Waals surface area contributed by atoms with Crippen LogP contribution in [0.25, 0.3) is 15.9 Å². The highest BCUT2D eigenvalue weighted by Crippen LogP contribution is 2.25. The first-order valence-corrected chi connectivity index (χ1v) is 11.0. The van der Waals surface area contributed by atoms with Gasteiger partial charge in [0, 0.05) is 11.1 Å². The lowest BCUT2D eigenvalue weighted by molar-refractivity contribution is -0.119. The molecule has 0 atom stereocenters. The van der Waals surface area contributed by atoms with E-state index < -0.39 is 0 Å². The molecule has 2 aromatic heterocycles. The standard InChI is InChI=1S/C19H18ClN3O2S2/c20-12-4-3-7-14(10-12)23-18(25)17-15(8-9-26-17)22-19(23)27-11-16(24)21-13-5-1-2-6-13/h3-4,7-10,13H,1-2,5-6,11H2,(H,21,24). The van der Waals surface area contributed by atoms with Crippen LogP contribution in [-0.4, -0.2) is 27.3 Å². The Morgan fingerprint density at radius 3 is 2.93 bits per heavy atom. The molecule has 3 aromatic rings. The van der Waals surface area contributed by atoms with Crippen LogP contribution in [0, 0.1) is 0 Å². The summed E-state index contributed by atoms with van der Waals surface area (Å²) in [6.07, 6.45) is 4.43. The van der Waals surface area contributed by atoms with Gasteiger partial charge in [-0.05, 0) is 42.5 Å². The van der Waals surface area contributed by atoms with Gasteiger partial charge in [0.15, 0.2) is 5.16 Å². The average Bonchev–Trinajstić information content (AvgIpc) is 3.31. The molecular weight excluding hydrogens is 402 g/mol. The highest BCUT2D eigenvalue weighted by Gasteiger charge is 2.19. The number of fused-ring (bicyclic) bond motifs is 1. The summed E-state index contributed by atoms with van der Waals surface area (Å²) < 4.78 is 2.13. The van der Waals surface area contributed by atoms with Crippen LogP contribution in [0.1, 0.15) is 25.7 Å². The van der Waals surface area contributed by atoms with Crippen molar-refractivity contribution in [3.8, 4) is 5.69 Å². The first-order chi connectivity index (χ1) is 13.1. The minimum atomic E-state index is -0.143. The summed E-state index contributed by atoms with van der Waals surface area (Å²) in [6, 6.07) is 9.20. The Bertz CT molecular complexity index is 1040. The molecule has 0 saturated heterocycles. The van der Waals surface area contributed by atoms with Gasteiger partial charge in [0.1, 0.15) is 4.70 Å². The van der Waals surface area contributed by atoms with Gasteiger partial charge in [-0.25, -0.2) is 4.98 Å². The van der Waals surface area contributed by atoms with Gasteiger partial charge in [-0.1, -0.05) is 42.3 Å². The third-order valence-corrected chi connectivity index (χ3v) is 6.63. The molecule has 5 nitrogen and oxygen atoms in total. The highest BCUT2D eigenvalue weighted by atomic mass is 35.5. The van der Waals surface area contributed by atoms with Gasteiger partial charge in [0.2, 0.25) is 5.91 Å². The van der Waals surface area contributed by atoms with Crippen LogP contribution in [-0.2, 0) is 4.79 Å². The molecule has 1 aliphatic carbocycles. The largest absolute Gasteiger partial charge is 0.353 e. The molecule has 1 fully saturated rings. The van der Waals surface area contributed by atoms with Crippen LogP contribution in [0.3, 0.4) is 0 Å². The van der Waals surface area contributed by atoms with Crippen molar-refractivity contribution in [3.63, 3.8) is 0 Å². The summed E-state index contributed by atoms with van der Waals surface area (Å²) in [5, 5.41) is 5.96. The molecule has 1 amide bonds. The number of nitrogens with one attached hydrogen (secondary N) is 1. The van der Waals surface area contributed by atoms with Crippen molar-refractivity contribution in [1.29, 1.82) is 0 Å². The summed E-state index contributed by atoms with van der Waals surface area (Å²) in [7, 11) is 0. The molecule has 1 aromatic carbocycles. The molecule has 4 rings (SSSR count). The van der Waals surface area contributed by atoms with Gasteiger partial charge < -0.3 is 5.32 Å². The van der Waals surface area contributed by atoms with Crippen molar-refractivity contribution in [3.05, 3.63) is 51.1 Å². The second-order valence-corrected chi connectivity index (χ2v) is 8.78. The number of rotatable bonds is 5. The van der Waals surface area contributed by atoms with Crippen molar-refractivity contribution in [1.82, 2.24) is 14.9 Å². The number of hydrogen-bond donors (Lipinski definition) is 1. The molecule has 1 aliphatic rings. The maximum absolute atomic E-state index is 13.0. The molecule has 8 heteroatoms. The molecule has 1 saturated carbocycles. The summed E-state index contributed by atoms with van der Waals surface area (Å²) in [5.41, 5.74) is 1.16. The van der Waals surface area contributed by atoms with Crippen molar-refractivity contribution in [2.24, 2.45) is 0 Å². The fourth-order valence-electron chi connectivity index (χ4n) is 3.30. The van der Waals surface area contributed by atoms with Gasteiger partial charge in [0.25, 0.3) is 5.56 Å². The van der Waals surface area contributed by atoms with Gasteiger partial charge in [0.05, 0.1) is 17.0 Å². The average molecular weight is 420 g/mol. The zero-order chi connectivity index (χ0) is 18.8. The van der Waals surface area contributed by atoms with E-state index in [2.05, 4.69) is 10.3 Å². The summed E-state index contributed by atoms with van der Waals surface area (Å²) in [4.78, 5) is 29.9. The summed E-state index contributed by atoms with van der Waals surface area (Å²) in [5.74, 6) is 0.197. The normalized spacial score (nSPS) is 14.7. The van der Waals surface area contributed by atoms with E-state index >= 15 is 0 Å². The van der Waals surface area contributed by atoms with E-state index in [-0.39, 0.29) is 23.3 Å². The zero-order valence-electron chi connectivity index (χ0n) is 14.5. The Balaban J connectivity index is 1.65. The number of amides is 1. The maximum Gasteiger partial charge on any atom is 0.276 e. The molecule has 0 aliphatic heterocycles. The lowest BCUT2D eigenvalue weighted by Crippen LogP contribution is -2.34. The van der Waals surface area contributed by atoms with E-state index in [4.69, 9.17) is 11.6 Å². The maximum atomic E-state index is 13.0. The molecule has 1 N–H and O–H groups in total. The first kappa shape index (κ1) is 18.5. The Labute approximate surface area is 169 Å². The SMILES string of the molecule is O=C(CSc1nc2ccsc2c(=O)n1-c1cccc(Cl)c1)NC1CCCC1. The van der Waals surface area contributed by atoms with Gasteiger partial charge in [-0.3, -0.25) is 14.2 Å². The van der Waals surface area contributed by atoms with Gasteiger partial charge in [-0.2, -0.15) is 0 Å². The van der Waals surface area contributed by atoms with Crippen LogP contribution in [0.15, 0.2) is 45.7 Å². The van der Waals surface area contributed by atoms with E-state index in [1.54, 1.807) is 18.2 Å². The molecular formula is C19H18ClN3O2S2. The highest BCUT2D eigenvalue weighted by molar-refractivity contribution is 7.99. The van der Waals surface area contributed by atoms with Crippen molar-refractivity contribution in [2.75, 3.05) is 5.75 Å². The number of thiophene rings is 1. The minimum absolute atomic E-state index is 0.0239. The van der Waals surface area contributed by atoms with Crippen LogP contribution in [0.4, 0.5) is 0 Å². The van der Waals surface area contributed by atoms with Crippen LogP contribution < -0.4 is 10.9 Å². The predicted octanol–water partition coefficient (Wildman–Crippen LogP) is 4.25. The number of carbonyl (C=O) groups is 1. The van der Waals surface area contributed by atoms with E-state index in [0.717, 1.165) is 12.8 Å². The molecule has 2 heterocycles. The second-order valence-electron chi connectivity index (χ2n) is 6.49. The molecule has 0 radical (unpaired) electrons. The van der Waals surface area contributed by atoms with Crippen molar-refractivity contribution >= 4 is 50.8 Å². The number of aromatic nitrogens is 2. The second kappa shape index (κ2) is 8.04. The van der Waals surface area contributed by atoms with Crippen molar-refractivity contribution in [2.45, 2.75) is 36.9 Å². The molecule has 140 valence electrons. The Hall–Kier alpha value is -1.83. The quantitative estimate of drug-likeness (QED) is 0.496. The molecule has 0 spiro atoms.